The SMILES string of the molecule is O=[SH](=O)Nc1ccccc1Br. The monoisotopic (exact) mass is 235 g/mol. The summed E-state index contributed by atoms with van der Waals surface area (Å²) in [6.45, 7) is 0. The van der Waals surface area contributed by atoms with Crippen LogP contribution in [0.3, 0.4) is 0 Å². The van der Waals surface area contributed by atoms with E-state index in [9.17, 15) is 8.42 Å². The Labute approximate surface area is 74.6 Å². The van der Waals surface area contributed by atoms with Gasteiger partial charge in [0.1, 0.15) is 0 Å². The molecule has 5 heteroatoms. The molecule has 0 aliphatic rings. The molecule has 0 radical (unpaired) electrons. The first-order valence-electron chi connectivity index (χ1n) is 2.86. The zero-order chi connectivity index (χ0) is 8.27. The summed E-state index contributed by atoms with van der Waals surface area (Å²) in [5, 5.41) is 0. The largest absolute Gasteiger partial charge is 0.285 e. The van der Waals surface area contributed by atoms with E-state index in [1.165, 1.54) is 0 Å². The van der Waals surface area contributed by atoms with Crippen molar-refractivity contribution in [3.63, 3.8) is 0 Å². The summed E-state index contributed by atoms with van der Waals surface area (Å²) >= 11 is 3.19. The van der Waals surface area contributed by atoms with Crippen molar-refractivity contribution in [3.8, 4) is 0 Å². The molecule has 0 aromatic heterocycles. The Morgan fingerprint density at radius 2 is 1.91 bits per heavy atom. The molecule has 1 N–H and O–H groups in total. The molecule has 0 fully saturated rings. The van der Waals surface area contributed by atoms with Gasteiger partial charge >= 0.3 is 0 Å². The maximum absolute atomic E-state index is 10.2. The number of hydrogen-bond donors (Lipinski definition) is 2. The first-order valence-corrected chi connectivity index (χ1v) is 4.83. The molecule has 0 atom stereocenters. The molecule has 0 bridgehead atoms. The zero-order valence-electron chi connectivity index (χ0n) is 5.45. The third-order valence-corrected chi connectivity index (χ3v) is 2.20. The van der Waals surface area contributed by atoms with Crippen molar-refractivity contribution in [2.24, 2.45) is 0 Å². The Hall–Kier alpha value is -0.550. The minimum atomic E-state index is -2.57. The number of benzene rings is 1. The van der Waals surface area contributed by atoms with Gasteiger partial charge in [-0.3, -0.25) is 4.72 Å². The van der Waals surface area contributed by atoms with Crippen molar-refractivity contribution in [1.82, 2.24) is 0 Å². The van der Waals surface area contributed by atoms with Crippen molar-refractivity contribution >= 4 is 32.5 Å². The van der Waals surface area contributed by atoms with Gasteiger partial charge in [0.15, 0.2) is 0 Å². The van der Waals surface area contributed by atoms with Crippen LogP contribution < -0.4 is 4.72 Å². The van der Waals surface area contributed by atoms with E-state index in [1.54, 1.807) is 18.2 Å². The van der Waals surface area contributed by atoms with Crippen LogP contribution in [0.2, 0.25) is 0 Å². The van der Waals surface area contributed by atoms with Crippen molar-refractivity contribution in [1.29, 1.82) is 0 Å². The molecule has 0 unspecified atom stereocenters. The number of hydrogen-bond acceptors (Lipinski definition) is 2. The molecule has 1 rings (SSSR count). The average molecular weight is 236 g/mol. The number of para-hydroxylation sites is 1. The first-order chi connectivity index (χ1) is 5.20. The van der Waals surface area contributed by atoms with E-state index in [0.717, 1.165) is 4.47 Å². The molecule has 0 saturated carbocycles. The molecule has 1 aromatic rings. The lowest BCUT2D eigenvalue weighted by atomic mass is 10.3. The van der Waals surface area contributed by atoms with Crippen LogP contribution in [0, 0.1) is 0 Å². The summed E-state index contributed by atoms with van der Waals surface area (Å²) in [6, 6.07) is 7.01. The molecule has 1 aromatic carbocycles. The van der Waals surface area contributed by atoms with E-state index >= 15 is 0 Å². The fourth-order valence-corrected chi connectivity index (χ4v) is 1.58. The fraction of sp³-hybridized carbons (Fsp3) is 0. The molecule has 0 spiro atoms. The normalized spacial score (nSPS) is 10.0. The summed E-state index contributed by atoms with van der Waals surface area (Å²) in [5.74, 6) is 0. The van der Waals surface area contributed by atoms with Crippen LogP contribution in [0.15, 0.2) is 28.7 Å². The lowest BCUT2D eigenvalue weighted by Gasteiger charge is -1.99. The first kappa shape index (κ1) is 8.55. The molecule has 11 heavy (non-hydrogen) atoms. The quantitative estimate of drug-likeness (QED) is 0.762. The second-order valence-electron chi connectivity index (χ2n) is 1.85. The van der Waals surface area contributed by atoms with Crippen LogP contribution in [0.25, 0.3) is 0 Å². The Morgan fingerprint density at radius 3 is 2.45 bits per heavy atom. The summed E-state index contributed by atoms with van der Waals surface area (Å²) < 4.78 is 23.5. The predicted octanol–water partition coefficient (Wildman–Crippen LogP) is 1.39. The van der Waals surface area contributed by atoms with Crippen molar-refractivity contribution in [2.45, 2.75) is 0 Å². The minimum Gasteiger partial charge on any atom is -0.285 e. The highest BCUT2D eigenvalue weighted by Crippen LogP contribution is 2.20. The topological polar surface area (TPSA) is 46.2 Å². The van der Waals surface area contributed by atoms with Crippen LogP contribution in [0.5, 0.6) is 0 Å². The number of anilines is 1. The average Bonchev–Trinajstić information content (AvgIpc) is 1.93. The molecular weight excluding hydrogens is 230 g/mol. The molecule has 3 nitrogen and oxygen atoms in total. The van der Waals surface area contributed by atoms with Gasteiger partial charge < -0.3 is 0 Å². The highest BCUT2D eigenvalue weighted by molar-refractivity contribution is 9.10. The molecule has 60 valence electrons. The summed E-state index contributed by atoms with van der Waals surface area (Å²) in [5.41, 5.74) is 0.559. The Morgan fingerprint density at radius 1 is 1.27 bits per heavy atom. The maximum Gasteiger partial charge on any atom is 0.222 e. The summed E-state index contributed by atoms with van der Waals surface area (Å²) in [6.07, 6.45) is 0. The minimum absolute atomic E-state index is 0.559. The van der Waals surface area contributed by atoms with E-state index in [-0.39, 0.29) is 0 Å². The van der Waals surface area contributed by atoms with E-state index in [4.69, 9.17) is 0 Å². The molecule has 0 aliphatic carbocycles. The van der Waals surface area contributed by atoms with Gasteiger partial charge in [0.25, 0.3) is 0 Å². The van der Waals surface area contributed by atoms with Crippen LogP contribution in [-0.2, 0) is 10.9 Å². The zero-order valence-corrected chi connectivity index (χ0v) is 7.93. The third kappa shape index (κ3) is 2.51. The van der Waals surface area contributed by atoms with Crippen LogP contribution in [0.1, 0.15) is 0 Å². The Kier molecular flexibility index (Phi) is 2.90. The second-order valence-corrected chi connectivity index (χ2v) is 3.44. The molecular formula is C6H6BrNO2S. The lowest BCUT2D eigenvalue weighted by Crippen LogP contribution is -1.94. The standard InChI is InChI=1S/C6H6BrNO2S/c7-5-3-1-2-4-6(5)8-11(9)10/h1-4,11H,(H,8,9,10). The van der Waals surface area contributed by atoms with E-state index in [1.807, 2.05) is 6.07 Å². The van der Waals surface area contributed by atoms with Crippen molar-refractivity contribution in [3.05, 3.63) is 28.7 Å². The number of thiol groups is 1. The predicted molar refractivity (Wildman–Crippen MR) is 48.1 cm³/mol. The van der Waals surface area contributed by atoms with Crippen LogP contribution in [0.4, 0.5) is 5.69 Å². The van der Waals surface area contributed by atoms with E-state index in [0.29, 0.717) is 5.69 Å². The van der Waals surface area contributed by atoms with Gasteiger partial charge in [-0.25, -0.2) is 8.42 Å². The number of rotatable bonds is 2. The van der Waals surface area contributed by atoms with Gasteiger partial charge in [0.2, 0.25) is 10.9 Å². The van der Waals surface area contributed by atoms with Gasteiger partial charge in [0.05, 0.1) is 5.69 Å². The molecule has 0 heterocycles. The number of halogens is 1. The highest BCUT2D eigenvalue weighted by Gasteiger charge is 1.95. The van der Waals surface area contributed by atoms with Crippen LogP contribution in [-0.4, -0.2) is 8.42 Å². The molecule has 0 amide bonds. The van der Waals surface area contributed by atoms with Crippen molar-refractivity contribution in [2.75, 3.05) is 4.72 Å². The summed E-state index contributed by atoms with van der Waals surface area (Å²) in [7, 11) is -2.57. The van der Waals surface area contributed by atoms with E-state index in [2.05, 4.69) is 20.7 Å². The van der Waals surface area contributed by atoms with Gasteiger partial charge in [0, 0.05) is 4.47 Å². The lowest BCUT2D eigenvalue weighted by molar-refractivity contribution is 0.619. The van der Waals surface area contributed by atoms with Crippen molar-refractivity contribution < 1.29 is 8.42 Å². The van der Waals surface area contributed by atoms with E-state index < -0.39 is 10.9 Å². The second kappa shape index (κ2) is 3.73. The maximum atomic E-state index is 10.2. The number of nitrogens with one attached hydrogen (secondary N) is 1. The van der Waals surface area contributed by atoms with Gasteiger partial charge in [-0.05, 0) is 28.1 Å². The van der Waals surface area contributed by atoms with Crippen LogP contribution >= 0.6 is 15.9 Å². The fourth-order valence-electron chi connectivity index (χ4n) is 0.650. The summed E-state index contributed by atoms with van der Waals surface area (Å²) in [4.78, 5) is 0. The van der Waals surface area contributed by atoms with Gasteiger partial charge in [-0.15, -0.1) is 0 Å². The molecule has 0 aliphatic heterocycles. The third-order valence-electron chi connectivity index (χ3n) is 1.09. The highest BCUT2D eigenvalue weighted by atomic mass is 79.9. The molecule has 0 saturated heterocycles. The Bertz CT molecular complexity index is 316. The van der Waals surface area contributed by atoms with Gasteiger partial charge in [-0.2, -0.15) is 0 Å². The Balaban J connectivity index is 2.94. The van der Waals surface area contributed by atoms with Gasteiger partial charge in [-0.1, -0.05) is 12.1 Å². The smallest absolute Gasteiger partial charge is 0.222 e.